The Morgan fingerprint density at radius 2 is 2.00 bits per heavy atom. The van der Waals surface area contributed by atoms with Gasteiger partial charge in [-0.05, 0) is 37.8 Å². The summed E-state index contributed by atoms with van der Waals surface area (Å²) in [6.07, 6.45) is 6.20. The van der Waals surface area contributed by atoms with Gasteiger partial charge in [0.05, 0.1) is 4.92 Å². The predicted molar refractivity (Wildman–Crippen MR) is 79.5 cm³/mol. The molecular formula is C16H21NO2. The number of nitro groups is 1. The first kappa shape index (κ1) is 15.2. The standard InChI is InChI=1S/C16H21NO2/c1-4-16(17(18)19)12-15-10-6-5-9-14(15)11-7-8-13(2)3/h5-6,8-10,12H,4,7,11H2,1-3H3/b16-12+. The number of hydrogen-bond donors (Lipinski definition) is 0. The van der Waals surface area contributed by atoms with E-state index in [4.69, 9.17) is 0 Å². The molecule has 0 fully saturated rings. The number of benzene rings is 1. The van der Waals surface area contributed by atoms with Gasteiger partial charge in [-0.15, -0.1) is 0 Å². The first-order valence-corrected chi connectivity index (χ1v) is 6.60. The van der Waals surface area contributed by atoms with Crippen molar-refractivity contribution in [3.8, 4) is 0 Å². The Morgan fingerprint density at radius 1 is 1.32 bits per heavy atom. The fourth-order valence-electron chi connectivity index (χ4n) is 1.88. The van der Waals surface area contributed by atoms with Crippen LogP contribution in [0.15, 0.2) is 41.6 Å². The highest BCUT2D eigenvalue weighted by Gasteiger charge is 2.08. The zero-order chi connectivity index (χ0) is 14.3. The lowest BCUT2D eigenvalue weighted by Crippen LogP contribution is -1.98. The minimum atomic E-state index is -0.299. The topological polar surface area (TPSA) is 43.1 Å². The first-order valence-electron chi connectivity index (χ1n) is 6.60. The normalized spacial score (nSPS) is 11.2. The van der Waals surface area contributed by atoms with Gasteiger partial charge in [0.2, 0.25) is 5.70 Å². The van der Waals surface area contributed by atoms with Crippen LogP contribution in [0.4, 0.5) is 0 Å². The highest BCUT2D eigenvalue weighted by molar-refractivity contribution is 5.55. The van der Waals surface area contributed by atoms with E-state index in [0.29, 0.717) is 6.42 Å². The molecule has 0 saturated carbocycles. The maximum Gasteiger partial charge on any atom is 0.246 e. The van der Waals surface area contributed by atoms with E-state index >= 15 is 0 Å². The lowest BCUT2D eigenvalue weighted by Gasteiger charge is -2.05. The van der Waals surface area contributed by atoms with Gasteiger partial charge in [0, 0.05) is 12.5 Å². The Labute approximate surface area is 114 Å². The molecule has 3 nitrogen and oxygen atoms in total. The summed E-state index contributed by atoms with van der Waals surface area (Å²) < 4.78 is 0. The summed E-state index contributed by atoms with van der Waals surface area (Å²) in [5.41, 5.74) is 3.67. The average molecular weight is 259 g/mol. The van der Waals surface area contributed by atoms with E-state index in [1.54, 1.807) is 13.0 Å². The molecule has 0 aliphatic carbocycles. The molecule has 0 saturated heterocycles. The van der Waals surface area contributed by atoms with Gasteiger partial charge in [0.25, 0.3) is 0 Å². The van der Waals surface area contributed by atoms with Gasteiger partial charge in [-0.25, -0.2) is 0 Å². The number of aryl methyl sites for hydroxylation is 1. The Balaban J connectivity index is 2.95. The molecular weight excluding hydrogens is 238 g/mol. The number of rotatable bonds is 6. The summed E-state index contributed by atoms with van der Waals surface area (Å²) in [6, 6.07) is 7.88. The lowest BCUT2D eigenvalue weighted by molar-refractivity contribution is -0.425. The molecule has 1 rings (SSSR count). The van der Waals surface area contributed by atoms with Crippen molar-refractivity contribution in [2.75, 3.05) is 0 Å². The van der Waals surface area contributed by atoms with Crippen LogP contribution < -0.4 is 0 Å². The third-order valence-electron chi connectivity index (χ3n) is 2.94. The van der Waals surface area contributed by atoms with Gasteiger partial charge < -0.3 is 0 Å². The molecule has 0 aliphatic rings. The minimum absolute atomic E-state index is 0.259. The van der Waals surface area contributed by atoms with Crippen molar-refractivity contribution in [3.63, 3.8) is 0 Å². The molecule has 0 unspecified atom stereocenters. The fraction of sp³-hybridized carbons (Fsp3) is 0.375. The van der Waals surface area contributed by atoms with Gasteiger partial charge in [-0.2, -0.15) is 0 Å². The van der Waals surface area contributed by atoms with Crippen molar-refractivity contribution in [1.29, 1.82) is 0 Å². The van der Waals surface area contributed by atoms with Crippen LogP contribution in [0.1, 0.15) is 44.7 Å². The Hall–Kier alpha value is -1.90. The highest BCUT2D eigenvalue weighted by atomic mass is 16.6. The van der Waals surface area contributed by atoms with E-state index in [1.807, 2.05) is 24.3 Å². The highest BCUT2D eigenvalue weighted by Crippen LogP contribution is 2.17. The van der Waals surface area contributed by atoms with E-state index < -0.39 is 0 Å². The smallest absolute Gasteiger partial charge is 0.246 e. The molecule has 0 N–H and O–H groups in total. The molecule has 0 atom stereocenters. The second-order valence-corrected chi connectivity index (χ2v) is 4.77. The van der Waals surface area contributed by atoms with Crippen LogP contribution in [0.2, 0.25) is 0 Å². The molecule has 0 aliphatic heterocycles. The van der Waals surface area contributed by atoms with Crippen molar-refractivity contribution in [2.24, 2.45) is 0 Å². The molecule has 0 heterocycles. The molecule has 0 amide bonds. The lowest BCUT2D eigenvalue weighted by atomic mass is 10.0. The van der Waals surface area contributed by atoms with E-state index in [9.17, 15) is 10.1 Å². The minimum Gasteiger partial charge on any atom is -0.259 e. The summed E-state index contributed by atoms with van der Waals surface area (Å²) >= 11 is 0. The van der Waals surface area contributed by atoms with Crippen LogP contribution in [-0.4, -0.2) is 4.92 Å². The van der Waals surface area contributed by atoms with E-state index in [1.165, 1.54) is 5.57 Å². The predicted octanol–water partition coefficient (Wildman–Crippen LogP) is 4.61. The molecule has 0 spiro atoms. The van der Waals surface area contributed by atoms with Crippen molar-refractivity contribution in [1.82, 2.24) is 0 Å². The number of allylic oxidation sites excluding steroid dienone is 3. The molecule has 19 heavy (non-hydrogen) atoms. The zero-order valence-corrected chi connectivity index (χ0v) is 11.8. The summed E-state index contributed by atoms with van der Waals surface area (Å²) in [5, 5.41) is 10.9. The van der Waals surface area contributed by atoms with Crippen LogP contribution in [0.3, 0.4) is 0 Å². The second-order valence-electron chi connectivity index (χ2n) is 4.77. The zero-order valence-electron chi connectivity index (χ0n) is 11.8. The number of hydrogen-bond acceptors (Lipinski definition) is 2. The van der Waals surface area contributed by atoms with Crippen LogP contribution in [0.5, 0.6) is 0 Å². The molecule has 102 valence electrons. The van der Waals surface area contributed by atoms with Gasteiger partial charge >= 0.3 is 0 Å². The third kappa shape index (κ3) is 5.08. The largest absolute Gasteiger partial charge is 0.259 e. The quantitative estimate of drug-likeness (QED) is 0.425. The van der Waals surface area contributed by atoms with Crippen LogP contribution in [0, 0.1) is 10.1 Å². The van der Waals surface area contributed by atoms with Crippen molar-refractivity contribution in [3.05, 3.63) is 62.9 Å². The van der Waals surface area contributed by atoms with Gasteiger partial charge in [-0.1, -0.05) is 42.8 Å². The van der Waals surface area contributed by atoms with Crippen molar-refractivity contribution < 1.29 is 4.92 Å². The SMILES string of the molecule is CC/C(=C\c1ccccc1CCC=C(C)C)[N+](=O)[O-]. The van der Waals surface area contributed by atoms with Crippen LogP contribution in [-0.2, 0) is 6.42 Å². The molecule has 3 heteroatoms. The maximum atomic E-state index is 10.9. The summed E-state index contributed by atoms with van der Waals surface area (Å²) in [7, 11) is 0. The Kier molecular flexibility index (Phi) is 6.00. The molecule has 1 aromatic carbocycles. The van der Waals surface area contributed by atoms with Crippen molar-refractivity contribution in [2.45, 2.75) is 40.0 Å². The van der Waals surface area contributed by atoms with E-state index in [2.05, 4.69) is 19.9 Å². The summed E-state index contributed by atoms with van der Waals surface area (Å²) in [5.74, 6) is 0. The third-order valence-corrected chi connectivity index (χ3v) is 2.94. The van der Waals surface area contributed by atoms with E-state index in [0.717, 1.165) is 24.0 Å². The fourth-order valence-corrected chi connectivity index (χ4v) is 1.88. The Morgan fingerprint density at radius 3 is 2.58 bits per heavy atom. The number of nitrogens with zero attached hydrogens (tertiary/aromatic N) is 1. The van der Waals surface area contributed by atoms with Crippen molar-refractivity contribution >= 4 is 6.08 Å². The summed E-state index contributed by atoms with van der Waals surface area (Å²) in [6.45, 7) is 5.96. The monoisotopic (exact) mass is 259 g/mol. The van der Waals surface area contributed by atoms with Crippen LogP contribution in [0.25, 0.3) is 6.08 Å². The summed E-state index contributed by atoms with van der Waals surface area (Å²) in [4.78, 5) is 10.6. The maximum absolute atomic E-state index is 10.9. The Bertz CT molecular complexity index is 497. The van der Waals surface area contributed by atoms with Gasteiger partial charge in [0.1, 0.15) is 0 Å². The molecule has 0 bridgehead atoms. The molecule has 0 aromatic heterocycles. The second kappa shape index (κ2) is 7.52. The van der Waals surface area contributed by atoms with Gasteiger partial charge in [0.15, 0.2) is 0 Å². The van der Waals surface area contributed by atoms with Gasteiger partial charge in [-0.3, -0.25) is 10.1 Å². The molecule has 0 radical (unpaired) electrons. The van der Waals surface area contributed by atoms with Crippen LogP contribution >= 0.6 is 0 Å². The average Bonchev–Trinajstić information content (AvgIpc) is 2.36. The molecule has 1 aromatic rings. The van der Waals surface area contributed by atoms with E-state index in [-0.39, 0.29) is 10.6 Å². The first-order chi connectivity index (χ1) is 9.04.